The Kier molecular flexibility index (Phi) is 13.2. The van der Waals surface area contributed by atoms with Crippen LogP contribution in [0.5, 0.6) is 0 Å². The van der Waals surface area contributed by atoms with Gasteiger partial charge in [-0.3, -0.25) is 14.4 Å². The van der Waals surface area contributed by atoms with E-state index in [4.69, 9.17) is 4.74 Å². The lowest BCUT2D eigenvalue weighted by molar-refractivity contribution is -0.150. The number of fused-ring (bicyclic) bond motifs is 1. The quantitative estimate of drug-likeness (QED) is 0.0743. The van der Waals surface area contributed by atoms with Crippen molar-refractivity contribution in [1.82, 2.24) is 15.6 Å². The van der Waals surface area contributed by atoms with Gasteiger partial charge in [-0.1, -0.05) is 73.5 Å². The van der Waals surface area contributed by atoms with Crippen LogP contribution < -0.4 is 10.6 Å². The smallest absolute Gasteiger partial charge is 0.309 e. The molecule has 8 heteroatoms. The van der Waals surface area contributed by atoms with Crippen LogP contribution in [0.4, 0.5) is 0 Å². The predicted molar refractivity (Wildman–Crippen MR) is 182 cm³/mol. The third-order valence-corrected chi connectivity index (χ3v) is 9.06. The van der Waals surface area contributed by atoms with Crippen molar-refractivity contribution < 1.29 is 24.2 Å². The van der Waals surface area contributed by atoms with Crippen LogP contribution in [0, 0.1) is 11.8 Å². The number of carbonyl (C=O) groups excluding carboxylic acids is 3. The Hall–Kier alpha value is -4.17. The van der Waals surface area contributed by atoms with Gasteiger partial charge in [0.1, 0.15) is 6.61 Å². The normalized spacial score (nSPS) is 15.8. The van der Waals surface area contributed by atoms with Crippen molar-refractivity contribution in [3.05, 3.63) is 97.2 Å². The second kappa shape index (κ2) is 17.5. The minimum absolute atomic E-state index is 0.00252. The van der Waals surface area contributed by atoms with Gasteiger partial charge in [0.15, 0.2) is 0 Å². The van der Waals surface area contributed by atoms with Crippen LogP contribution in [0.2, 0.25) is 0 Å². The lowest BCUT2D eigenvalue weighted by Gasteiger charge is -2.29. The monoisotopic (exact) mass is 627 g/mol. The van der Waals surface area contributed by atoms with E-state index in [0.717, 1.165) is 60.6 Å². The van der Waals surface area contributed by atoms with Crippen molar-refractivity contribution in [3.8, 4) is 0 Å². The Bertz CT molecular complexity index is 1440. The summed E-state index contributed by atoms with van der Waals surface area (Å²) >= 11 is 0. The largest absolute Gasteiger partial charge is 0.463 e. The average Bonchev–Trinajstić information content (AvgIpc) is 3.71. The summed E-state index contributed by atoms with van der Waals surface area (Å²) in [6.07, 6.45) is 12.4. The molecule has 4 rings (SSSR count). The summed E-state index contributed by atoms with van der Waals surface area (Å²) < 4.78 is 5.95. The van der Waals surface area contributed by atoms with E-state index in [0.29, 0.717) is 25.7 Å². The molecule has 0 bridgehead atoms. The molecular weight excluding hydrogens is 578 g/mol. The van der Waals surface area contributed by atoms with E-state index in [2.05, 4.69) is 28.8 Å². The summed E-state index contributed by atoms with van der Waals surface area (Å²) in [5, 5.41) is 17.1. The van der Waals surface area contributed by atoms with Crippen molar-refractivity contribution in [2.75, 3.05) is 13.2 Å². The molecule has 3 aromatic rings. The van der Waals surface area contributed by atoms with Crippen molar-refractivity contribution in [2.45, 2.75) is 82.2 Å². The highest BCUT2D eigenvalue weighted by molar-refractivity contribution is 5.87. The van der Waals surface area contributed by atoms with E-state index in [1.54, 1.807) is 6.08 Å². The fourth-order valence-corrected chi connectivity index (χ4v) is 6.48. The SMILES string of the molecule is C=CCCC[C@H](Cc1ccccc1)C(=O)OC[C@H](Cc1c[nH]c2ccccc12)NC(=O)[C@H](CC=C)CC(=O)NC1(CO)CCCC1. The van der Waals surface area contributed by atoms with Crippen LogP contribution in [0.3, 0.4) is 0 Å². The zero-order chi connectivity index (χ0) is 32.8. The molecule has 0 spiro atoms. The van der Waals surface area contributed by atoms with Gasteiger partial charge in [0.05, 0.1) is 30.0 Å². The number of aromatic nitrogens is 1. The molecule has 0 radical (unpaired) electrons. The van der Waals surface area contributed by atoms with Gasteiger partial charge < -0.3 is 25.5 Å². The van der Waals surface area contributed by atoms with Crippen LogP contribution in [-0.4, -0.2) is 52.7 Å². The molecule has 46 heavy (non-hydrogen) atoms. The molecular formula is C38H49N3O5. The summed E-state index contributed by atoms with van der Waals surface area (Å²) in [4.78, 5) is 43.6. The van der Waals surface area contributed by atoms with Gasteiger partial charge in [-0.05, 0) is 68.6 Å². The lowest BCUT2D eigenvalue weighted by Crippen LogP contribution is -2.50. The van der Waals surface area contributed by atoms with Crippen LogP contribution >= 0.6 is 0 Å². The number of aliphatic hydroxyl groups is 1. The first-order valence-electron chi connectivity index (χ1n) is 16.6. The Morgan fingerprint density at radius 3 is 2.43 bits per heavy atom. The van der Waals surface area contributed by atoms with E-state index >= 15 is 0 Å². The van der Waals surface area contributed by atoms with Crippen LogP contribution in [0.15, 0.2) is 86.1 Å². The second-order valence-electron chi connectivity index (χ2n) is 12.6. The van der Waals surface area contributed by atoms with Crippen LogP contribution in [-0.2, 0) is 32.0 Å². The number of hydrogen-bond donors (Lipinski definition) is 4. The molecule has 3 atom stereocenters. The number of unbranched alkanes of at least 4 members (excludes halogenated alkanes) is 1. The van der Waals surface area contributed by atoms with Gasteiger partial charge in [-0.25, -0.2) is 0 Å². The molecule has 246 valence electrons. The molecule has 0 unspecified atom stereocenters. The van der Waals surface area contributed by atoms with Crippen molar-refractivity contribution >= 4 is 28.7 Å². The first-order chi connectivity index (χ1) is 22.4. The summed E-state index contributed by atoms with van der Waals surface area (Å²) in [5.41, 5.74) is 2.43. The summed E-state index contributed by atoms with van der Waals surface area (Å²) in [6, 6.07) is 17.3. The highest BCUT2D eigenvalue weighted by Gasteiger charge is 2.35. The third kappa shape index (κ3) is 9.91. The maximum atomic E-state index is 13.7. The highest BCUT2D eigenvalue weighted by atomic mass is 16.5. The molecule has 8 nitrogen and oxygen atoms in total. The Balaban J connectivity index is 1.47. The standard InChI is InChI=1S/C38H49N3O5/c1-3-5-7-17-30(22-28-15-8-6-9-16-28)37(45)46-26-32(23-31-25-39-34-19-11-10-18-33(31)34)40-36(44)29(14-4-2)24-35(43)41-38(27-42)20-12-13-21-38/h3-4,6,8-11,15-16,18-19,25,29-30,32,39,42H,1-2,5,7,12-14,17,20-24,26-27H2,(H,40,44)(H,41,43)/t29-,30-,32+/m1/s1. The molecule has 2 aromatic carbocycles. The van der Waals surface area contributed by atoms with Crippen LogP contribution in [0.25, 0.3) is 10.9 Å². The molecule has 0 saturated heterocycles. The molecule has 1 heterocycles. The number of para-hydroxylation sites is 1. The van der Waals surface area contributed by atoms with E-state index in [-0.39, 0.29) is 43.3 Å². The molecule has 1 aliphatic carbocycles. The number of nitrogens with one attached hydrogen (secondary N) is 3. The zero-order valence-corrected chi connectivity index (χ0v) is 26.8. The molecule has 1 saturated carbocycles. The minimum atomic E-state index is -0.652. The minimum Gasteiger partial charge on any atom is -0.463 e. The molecule has 4 N–H and O–H groups in total. The number of aromatic amines is 1. The maximum absolute atomic E-state index is 13.7. The van der Waals surface area contributed by atoms with Gasteiger partial charge >= 0.3 is 5.97 Å². The first kappa shape index (κ1) is 34.7. The number of aliphatic hydroxyl groups excluding tert-OH is 1. The number of carbonyl (C=O) groups is 3. The van der Waals surface area contributed by atoms with Crippen molar-refractivity contribution in [3.63, 3.8) is 0 Å². The van der Waals surface area contributed by atoms with Crippen LogP contribution in [0.1, 0.15) is 68.9 Å². The predicted octanol–water partition coefficient (Wildman–Crippen LogP) is 5.96. The van der Waals surface area contributed by atoms with E-state index in [9.17, 15) is 19.5 Å². The molecule has 2 amide bonds. The number of rotatable bonds is 19. The summed E-state index contributed by atoms with van der Waals surface area (Å²) in [7, 11) is 0. The van der Waals surface area contributed by atoms with Gasteiger partial charge in [-0.15, -0.1) is 13.2 Å². The number of H-pyrrole nitrogens is 1. The fourth-order valence-electron chi connectivity index (χ4n) is 6.48. The Morgan fingerprint density at radius 2 is 1.72 bits per heavy atom. The molecule has 1 fully saturated rings. The topological polar surface area (TPSA) is 121 Å². The fraction of sp³-hybridized carbons (Fsp3) is 0.447. The number of benzene rings is 2. The van der Waals surface area contributed by atoms with Crippen molar-refractivity contribution in [2.24, 2.45) is 11.8 Å². The third-order valence-electron chi connectivity index (χ3n) is 9.06. The van der Waals surface area contributed by atoms with E-state index in [1.807, 2.05) is 66.9 Å². The summed E-state index contributed by atoms with van der Waals surface area (Å²) in [5.74, 6) is -1.83. The number of amides is 2. The van der Waals surface area contributed by atoms with Crippen molar-refractivity contribution in [1.29, 1.82) is 0 Å². The first-order valence-corrected chi connectivity index (χ1v) is 16.6. The summed E-state index contributed by atoms with van der Waals surface area (Å²) in [6.45, 7) is 7.50. The van der Waals surface area contributed by atoms with Gasteiger partial charge in [0.2, 0.25) is 11.8 Å². The average molecular weight is 628 g/mol. The molecule has 1 aromatic heterocycles. The van der Waals surface area contributed by atoms with Gasteiger partial charge in [0.25, 0.3) is 0 Å². The number of allylic oxidation sites excluding steroid dienone is 2. The maximum Gasteiger partial charge on any atom is 0.309 e. The Morgan fingerprint density at radius 1 is 0.978 bits per heavy atom. The molecule has 0 aliphatic heterocycles. The second-order valence-corrected chi connectivity index (χ2v) is 12.6. The van der Waals surface area contributed by atoms with Gasteiger partial charge in [0, 0.05) is 23.5 Å². The zero-order valence-electron chi connectivity index (χ0n) is 26.8. The van der Waals surface area contributed by atoms with E-state index in [1.165, 1.54) is 0 Å². The highest BCUT2D eigenvalue weighted by Crippen LogP contribution is 2.29. The lowest BCUT2D eigenvalue weighted by atomic mass is 9.94. The Labute approximate surface area is 272 Å². The number of ether oxygens (including phenoxy) is 1. The number of hydrogen-bond acceptors (Lipinski definition) is 5. The molecule has 1 aliphatic rings. The van der Waals surface area contributed by atoms with Gasteiger partial charge in [-0.2, -0.15) is 0 Å². The van der Waals surface area contributed by atoms with E-state index < -0.39 is 17.5 Å². The number of esters is 1.